The van der Waals surface area contributed by atoms with Crippen molar-refractivity contribution in [2.75, 3.05) is 43.1 Å². The molecular formula is C18H22N4O2S2. The molecule has 0 saturated carbocycles. The zero-order valence-corrected chi connectivity index (χ0v) is 16.2. The summed E-state index contributed by atoms with van der Waals surface area (Å²) in [5.41, 5.74) is 3.72. The smallest absolute Gasteiger partial charge is 0.191 e. The molecule has 6 nitrogen and oxygen atoms in total. The van der Waals surface area contributed by atoms with E-state index in [9.17, 15) is 0 Å². The first-order chi connectivity index (χ1) is 12.7. The maximum Gasteiger partial charge on any atom is 0.191 e. The molecule has 138 valence electrons. The molecule has 0 amide bonds. The van der Waals surface area contributed by atoms with Gasteiger partial charge in [0, 0.05) is 23.7 Å². The third-order valence-electron chi connectivity index (χ3n) is 3.72. The standard InChI is InChI=1S/C18H22N4O2S2/c1-2-24-15-5-3-14(4-6-15)20-18(25)21-19-13-16-7-8-17(26-16)22-9-11-23-12-10-22/h3-8,13H,2,9-12H2,1H3,(H2,20,21,25)/b19-13-. The Hall–Kier alpha value is -2.16. The molecule has 26 heavy (non-hydrogen) atoms. The summed E-state index contributed by atoms with van der Waals surface area (Å²) in [5.74, 6) is 0.837. The topological polar surface area (TPSA) is 58.1 Å². The lowest BCUT2D eigenvalue weighted by atomic mass is 10.3. The van der Waals surface area contributed by atoms with E-state index in [-0.39, 0.29) is 0 Å². The highest BCUT2D eigenvalue weighted by Crippen LogP contribution is 2.25. The van der Waals surface area contributed by atoms with E-state index in [0.29, 0.717) is 11.7 Å². The van der Waals surface area contributed by atoms with Gasteiger partial charge in [-0.25, -0.2) is 0 Å². The van der Waals surface area contributed by atoms with Gasteiger partial charge in [-0.3, -0.25) is 5.43 Å². The quantitative estimate of drug-likeness (QED) is 0.448. The number of nitrogens with one attached hydrogen (secondary N) is 2. The van der Waals surface area contributed by atoms with Crippen LogP contribution in [0.2, 0.25) is 0 Å². The third-order valence-corrected chi connectivity index (χ3v) is 4.99. The molecule has 0 atom stereocenters. The molecule has 1 aliphatic heterocycles. The minimum Gasteiger partial charge on any atom is -0.494 e. The molecule has 1 aromatic heterocycles. The number of ether oxygens (including phenoxy) is 2. The fourth-order valence-corrected chi connectivity index (χ4v) is 3.58. The van der Waals surface area contributed by atoms with E-state index >= 15 is 0 Å². The highest BCUT2D eigenvalue weighted by Gasteiger charge is 2.12. The molecule has 2 heterocycles. The Morgan fingerprint density at radius 2 is 2.04 bits per heavy atom. The van der Waals surface area contributed by atoms with E-state index in [1.54, 1.807) is 17.6 Å². The summed E-state index contributed by atoms with van der Waals surface area (Å²) in [6.45, 7) is 6.05. The molecule has 1 fully saturated rings. The zero-order valence-electron chi connectivity index (χ0n) is 14.6. The summed E-state index contributed by atoms with van der Waals surface area (Å²) in [7, 11) is 0. The number of anilines is 2. The number of thiophene rings is 1. The molecule has 1 aliphatic rings. The Morgan fingerprint density at radius 1 is 1.27 bits per heavy atom. The minimum absolute atomic E-state index is 0.440. The van der Waals surface area contributed by atoms with E-state index in [1.165, 1.54) is 5.00 Å². The van der Waals surface area contributed by atoms with Gasteiger partial charge in [0.05, 0.1) is 31.0 Å². The molecule has 3 rings (SSSR count). The monoisotopic (exact) mass is 390 g/mol. The molecule has 0 bridgehead atoms. The minimum atomic E-state index is 0.440. The highest BCUT2D eigenvalue weighted by molar-refractivity contribution is 7.80. The molecule has 1 aromatic carbocycles. The van der Waals surface area contributed by atoms with Gasteiger partial charge < -0.3 is 19.7 Å². The predicted molar refractivity (Wildman–Crippen MR) is 112 cm³/mol. The van der Waals surface area contributed by atoms with Gasteiger partial charge in [0.2, 0.25) is 0 Å². The Kier molecular flexibility index (Phi) is 6.82. The number of thiocarbonyl (C=S) groups is 1. The van der Waals surface area contributed by atoms with Crippen molar-refractivity contribution < 1.29 is 9.47 Å². The molecule has 2 N–H and O–H groups in total. The van der Waals surface area contributed by atoms with Gasteiger partial charge in [0.25, 0.3) is 0 Å². The van der Waals surface area contributed by atoms with E-state index in [4.69, 9.17) is 21.7 Å². The lowest BCUT2D eigenvalue weighted by Crippen LogP contribution is -2.35. The van der Waals surface area contributed by atoms with Crippen LogP contribution < -0.4 is 20.4 Å². The van der Waals surface area contributed by atoms with Crippen LogP contribution in [0.1, 0.15) is 11.8 Å². The third kappa shape index (κ3) is 5.42. The molecule has 0 unspecified atom stereocenters. The molecule has 2 aromatic rings. The zero-order chi connectivity index (χ0) is 18.2. The summed E-state index contributed by atoms with van der Waals surface area (Å²) < 4.78 is 10.8. The van der Waals surface area contributed by atoms with Crippen molar-refractivity contribution in [3.05, 3.63) is 41.3 Å². The van der Waals surface area contributed by atoms with Crippen molar-refractivity contribution in [1.82, 2.24) is 5.43 Å². The molecule has 8 heteroatoms. The maximum atomic E-state index is 5.42. The number of hydrazone groups is 1. The average Bonchev–Trinajstić information content (AvgIpc) is 3.13. The van der Waals surface area contributed by atoms with E-state index in [0.717, 1.165) is 42.6 Å². The van der Waals surface area contributed by atoms with Gasteiger partial charge in [0.15, 0.2) is 5.11 Å². The lowest BCUT2D eigenvalue weighted by Gasteiger charge is -2.27. The first-order valence-corrected chi connectivity index (χ1v) is 9.72. The lowest BCUT2D eigenvalue weighted by molar-refractivity contribution is 0.123. The Morgan fingerprint density at radius 3 is 2.77 bits per heavy atom. The Balaban J connectivity index is 1.47. The SMILES string of the molecule is CCOc1ccc(NC(=S)N/N=C\c2ccc(N3CCOCC3)s2)cc1. The first kappa shape index (κ1) is 18.6. The Bertz CT molecular complexity index is 740. The number of rotatable bonds is 6. The van der Waals surface area contributed by atoms with Crippen LogP contribution in [0, 0.1) is 0 Å². The number of nitrogens with zero attached hydrogens (tertiary/aromatic N) is 2. The second-order valence-corrected chi connectivity index (χ2v) is 7.06. The van der Waals surface area contributed by atoms with Crippen LogP contribution in [-0.4, -0.2) is 44.2 Å². The van der Waals surface area contributed by atoms with Crippen LogP contribution in [0.5, 0.6) is 5.75 Å². The van der Waals surface area contributed by atoms with Crippen molar-refractivity contribution in [2.24, 2.45) is 5.10 Å². The van der Waals surface area contributed by atoms with Gasteiger partial charge in [-0.2, -0.15) is 5.10 Å². The fraction of sp³-hybridized carbons (Fsp3) is 0.333. The summed E-state index contributed by atoms with van der Waals surface area (Å²) in [6, 6.07) is 11.8. The van der Waals surface area contributed by atoms with Gasteiger partial charge in [-0.1, -0.05) is 0 Å². The first-order valence-electron chi connectivity index (χ1n) is 8.50. The Labute approximate surface area is 162 Å². The summed E-state index contributed by atoms with van der Waals surface area (Å²) >= 11 is 6.96. The molecule has 0 spiro atoms. The van der Waals surface area contributed by atoms with Gasteiger partial charge in [-0.15, -0.1) is 11.3 Å². The maximum absolute atomic E-state index is 5.42. The highest BCUT2D eigenvalue weighted by atomic mass is 32.1. The van der Waals surface area contributed by atoms with Crippen LogP contribution in [-0.2, 0) is 4.74 Å². The van der Waals surface area contributed by atoms with Crippen LogP contribution in [0.3, 0.4) is 0 Å². The molecule has 0 radical (unpaired) electrons. The van der Waals surface area contributed by atoms with Crippen LogP contribution in [0.25, 0.3) is 0 Å². The van der Waals surface area contributed by atoms with E-state index in [2.05, 4.69) is 32.9 Å². The van der Waals surface area contributed by atoms with Gasteiger partial charge in [0.1, 0.15) is 5.75 Å². The second kappa shape index (κ2) is 9.51. The fourth-order valence-electron chi connectivity index (χ4n) is 2.48. The van der Waals surface area contributed by atoms with Gasteiger partial charge in [-0.05, 0) is 55.5 Å². The van der Waals surface area contributed by atoms with Crippen molar-refractivity contribution in [2.45, 2.75) is 6.92 Å². The molecule has 0 aliphatic carbocycles. The van der Waals surface area contributed by atoms with Crippen molar-refractivity contribution >= 4 is 45.6 Å². The number of hydrogen-bond acceptors (Lipinski definition) is 6. The summed E-state index contributed by atoms with van der Waals surface area (Å²) in [5, 5.41) is 8.97. The van der Waals surface area contributed by atoms with Crippen LogP contribution >= 0.6 is 23.6 Å². The van der Waals surface area contributed by atoms with Crippen molar-refractivity contribution in [3.63, 3.8) is 0 Å². The molecule has 1 saturated heterocycles. The van der Waals surface area contributed by atoms with E-state index in [1.807, 2.05) is 31.2 Å². The van der Waals surface area contributed by atoms with Crippen LogP contribution in [0.4, 0.5) is 10.7 Å². The summed E-state index contributed by atoms with van der Waals surface area (Å²) in [4.78, 5) is 3.40. The normalized spacial score (nSPS) is 14.4. The predicted octanol–water partition coefficient (Wildman–Crippen LogP) is 3.30. The summed E-state index contributed by atoms with van der Waals surface area (Å²) in [6.07, 6.45) is 1.78. The van der Waals surface area contributed by atoms with Crippen LogP contribution in [0.15, 0.2) is 41.5 Å². The van der Waals surface area contributed by atoms with E-state index < -0.39 is 0 Å². The number of benzene rings is 1. The van der Waals surface area contributed by atoms with Gasteiger partial charge >= 0.3 is 0 Å². The largest absolute Gasteiger partial charge is 0.494 e. The average molecular weight is 391 g/mol. The second-order valence-electron chi connectivity index (χ2n) is 5.56. The molecular weight excluding hydrogens is 368 g/mol. The number of morpholine rings is 1. The van der Waals surface area contributed by atoms with Crippen molar-refractivity contribution in [1.29, 1.82) is 0 Å². The van der Waals surface area contributed by atoms with Crippen molar-refractivity contribution in [3.8, 4) is 5.75 Å². The number of hydrogen-bond donors (Lipinski definition) is 2.